The van der Waals surface area contributed by atoms with E-state index in [0.717, 1.165) is 0 Å². The fraction of sp³-hybridized carbons (Fsp3) is 0.462. The fourth-order valence-electron chi connectivity index (χ4n) is 2.66. The molecule has 5 atom stereocenters. The molecule has 2 aromatic heterocycles. The van der Waals surface area contributed by atoms with E-state index in [1.54, 1.807) is 0 Å². The number of anilines is 1. The van der Waals surface area contributed by atoms with Crippen molar-refractivity contribution in [3.05, 3.63) is 12.5 Å². The van der Waals surface area contributed by atoms with Crippen molar-refractivity contribution in [2.45, 2.75) is 37.0 Å². The highest BCUT2D eigenvalue weighted by molar-refractivity contribution is 6.30. The number of hydrogen-bond acceptors (Lipinski definition) is 8. The van der Waals surface area contributed by atoms with Crippen molar-refractivity contribution < 1.29 is 14.9 Å². The summed E-state index contributed by atoms with van der Waals surface area (Å²) in [6, 6.07) is 0. The van der Waals surface area contributed by atoms with Gasteiger partial charge in [-0.1, -0.05) is 5.92 Å². The normalized spacial score (nSPS) is 31.8. The highest BCUT2D eigenvalue weighted by atomic mass is 35.5. The Hall–Kier alpha value is -1.96. The van der Waals surface area contributed by atoms with E-state index in [2.05, 4.69) is 26.3 Å². The first-order chi connectivity index (χ1) is 10.9. The zero-order chi connectivity index (χ0) is 16.8. The maximum atomic E-state index is 10.4. The average Bonchev–Trinajstić information content (AvgIpc) is 3.00. The lowest BCUT2D eigenvalue weighted by Crippen LogP contribution is -2.54. The molecule has 0 aliphatic carbocycles. The topological polar surface area (TPSA) is 145 Å². The molecule has 1 aliphatic rings. The second-order valence-corrected chi connectivity index (χ2v) is 5.57. The molecule has 6 N–H and O–H groups in total. The third-order valence-electron chi connectivity index (χ3n) is 3.82. The number of aliphatic hydroxyl groups excluding tert-OH is 2. The van der Waals surface area contributed by atoms with Crippen molar-refractivity contribution in [2.24, 2.45) is 5.73 Å². The van der Waals surface area contributed by atoms with Crippen LogP contribution in [0.5, 0.6) is 0 Å². The lowest BCUT2D eigenvalue weighted by atomic mass is 9.90. The maximum Gasteiger partial charge on any atom is 0.222 e. The summed E-state index contributed by atoms with van der Waals surface area (Å²) in [5, 5.41) is 22.4. The molecule has 1 aliphatic heterocycles. The van der Waals surface area contributed by atoms with E-state index in [1.807, 2.05) is 0 Å². The second kappa shape index (κ2) is 5.59. The molecule has 3 rings (SSSR count). The summed E-state index contributed by atoms with van der Waals surface area (Å²) in [6.45, 7) is 1.48. The van der Waals surface area contributed by atoms with Crippen LogP contribution in [-0.4, -0.2) is 53.6 Å². The first-order valence-electron chi connectivity index (χ1n) is 6.77. The van der Waals surface area contributed by atoms with Crippen LogP contribution in [0.1, 0.15) is 13.2 Å². The van der Waals surface area contributed by atoms with Crippen LogP contribution in [0.2, 0.25) is 0 Å². The Kier molecular flexibility index (Phi) is 3.87. The van der Waals surface area contributed by atoms with E-state index >= 15 is 0 Å². The Morgan fingerprint density at radius 2 is 2.26 bits per heavy atom. The Balaban J connectivity index is 2.14. The fourth-order valence-corrected chi connectivity index (χ4v) is 2.82. The number of imidazole rings is 1. The number of fused-ring (bicyclic) bond motifs is 1. The minimum atomic E-state index is -1.56. The quantitative estimate of drug-likeness (QED) is 0.507. The molecule has 0 aromatic carbocycles. The molecule has 0 bridgehead atoms. The van der Waals surface area contributed by atoms with Gasteiger partial charge in [-0.15, -0.1) is 0 Å². The number of nitrogen functional groups attached to an aromatic ring is 1. The minimum absolute atomic E-state index is 0.0518. The first kappa shape index (κ1) is 15.9. The third kappa shape index (κ3) is 2.41. The van der Waals surface area contributed by atoms with Gasteiger partial charge in [-0.05, 0) is 18.5 Å². The molecule has 1 saturated heterocycles. The summed E-state index contributed by atoms with van der Waals surface area (Å²) in [6.07, 6.45) is -1.27. The molecule has 0 amide bonds. The minimum Gasteiger partial charge on any atom is -0.391 e. The van der Waals surface area contributed by atoms with Crippen LogP contribution in [0.3, 0.4) is 0 Å². The molecule has 9 nitrogen and oxygen atoms in total. The number of halogens is 1. The summed E-state index contributed by atoms with van der Waals surface area (Å²) in [7, 11) is 0. The standard InChI is InChI=1S/C13H15ClN6O3/c1-6(21)8-9(22)13(16,2-3-14)11(23-8)20-5-18-7-4-17-12(15)19-10(7)20/h4-6,8-9,11,21-22H,16H2,1H3,(H2,15,17,19)/t6-,8+,9-,11+,13?/m0/s1. The Labute approximate surface area is 136 Å². The number of rotatable bonds is 2. The number of aromatic nitrogens is 4. The summed E-state index contributed by atoms with van der Waals surface area (Å²) in [4.78, 5) is 12.1. The van der Waals surface area contributed by atoms with E-state index in [-0.39, 0.29) is 5.95 Å². The summed E-state index contributed by atoms with van der Waals surface area (Å²) in [5.74, 6) is 2.61. The molecule has 10 heteroatoms. The molecule has 23 heavy (non-hydrogen) atoms. The van der Waals surface area contributed by atoms with Crippen molar-refractivity contribution in [3.8, 4) is 11.3 Å². The van der Waals surface area contributed by atoms with E-state index in [4.69, 9.17) is 27.8 Å². The first-order valence-corrected chi connectivity index (χ1v) is 7.14. The molecular weight excluding hydrogens is 324 g/mol. The molecular formula is C13H15ClN6O3. The van der Waals surface area contributed by atoms with Crippen LogP contribution < -0.4 is 11.5 Å². The Morgan fingerprint density at radius 1 is 1.52 bits per heavy atom. The van der Waals surface area contributed by atoms with Crippen LogP contribution in [-0.2, 0) is 4.74 Å². The van der Waals surface area contributed by atoms with Gasteiger partial charge in [-0.2, -0.15) is 4.98 Å². The van der Waals surface area contributed by atoms with Gasteiger partial charge < -0.3 is 26.4 Å². The summed E-state index contributed by atoms with van der Waals surface area (Å²) in [5.41, 5.74) is 11.1. The second-order valence-electron chi connectivity index (χ2n) is 5.38. The molecule has 0 saturated carbocycles. The van der Waals surface area contributed by atoms with Gasteiger partial charge in [0, 0.05) is 5.38 Å². The molecule has 0 spiro atoms. The Morgan fingerprint density at radius 3 is 2.91 bits per heavy atom. The molecule has 0 radical (unpaired) electrons. The van der Waals surface area contributed by atoms with Gasteiger partial charge in [0.05, 0.1) is 18.6 Å². The predicted octanol–water partition coefficient (Wildman–Crippen LogP) is -1.06. The highest BCUT2D eigenvalue weighted by Crippen LogP contribution is 2.39. The van der Waals surface area contributed by atoms with Crippen molar-refractivity contribution in [3.63, 3.8) is 0 Å². The van der Waals surface area contributed by atoms with Gasteiger partial charge in [0.2, 0.25) is 5.95 Å². The monoisotopic (exact) mass is 338 g/mol. The van der Waals surface area contributed by atoms with Gasteiger partial charge in [-0.3, -0.25) is 4.57 Å². The van der Waals surface area contributed by atoms with Gasteiger partial charge in [0.25, 0.3) is 0 Å². The summed E-state index contributed by atoms with van der Waals surface area (Å²) < 4.78 is 7.22. The van der Waals surface area contributed by atoms with E-state index < -0.39 is 30.1 Å². The molecule has 122 valence electrons. The highest BCUT2D eigenvalue weighted by Gasteiger charge is 2.56. The van der Waals surface area contributed by atoms with Gasteiger partial charge in [0.1, 0.15) is 17.7 Å². The third-order valence-corrected chi connectivity index (χ3v) is 3.92. The molecule has 1 unspecified atom stereocenters. The van der Waals surface area contributed by atoms with E-state index in [1.165, 1.54) is 24.0 Å². The zero-order valence-electron chi connectivity index (χ0n) is 12.1. The number of ether oxygens (including phenoxy) is 1. The number of aliphatic hydroxyl groups is 2. The van der Waals surface area contributed by atoms with Crippen LogP contribution >= 0.6 is 11.6 Å². The van der Waals surface area contributed by atoms with Crippen LogP contribution in [0.4, 0.5) is 5.95 Å². The van der Waals surface area contributed by atoms with Gasteiger partial charge in [-0.25, -0.2) is 9.97 Å². The Bertz CT molecular complexity index is 800. The number of nitrogens with two attached hydrogens (primary N) is 2. The van der Waals surface area contributed by atoms with Crippen LogP contribution in [0.15, 0.2) is 12.5 Å². The molecule has 1 fully saturated rings. The average molecular weight is 339 g/mol. The largest absolute Gasteiger partial charge is 0.391 e. The number of hydrogen-bond donors (Lipinski definition) is 4. The molecule has 2 aromatic rings. The summed E-state index contributed by atoms with van der Waals surface area (Å²) >= 11 is 5.49. The van der Waals surface area contributed by atoms with E-state index in [0.29, 0.717) is 11.2 Å². The lowest BCUT2D eigenvalue weighted by molar-refractivity contribution is -0.0756. The van der Waals surface area contributed by atoms with Gasteiger partial charge in [0.15, 0.2) is 17.4 Å². The zero-order valence-corrected chi connectivity index (χ0v) is 12.8. The van der Waals surface area contributed by atoms with Crippen molar-refractivity contribution in [2.75, 3.05) is 5.73 Å². The van der Waals surface area contributed by atoms with Gasteiger partial charge >= 0.3 is 0 Å². The predicted molar refractivity (Wildman–Crippen MR) is 81.9 cm³/mol. The van der Waals surface area contributed by atoms with Crippen molar-refractivity contribution in [1.29, 1.82) is 0 Å². The molecule has 3 heterocycles. The lowest BCUT2D eigenvalue weighted by Gasteiger charge is -2.27. The van der Waals surface area contributed by atoms with Crippen LogP contribution in [0, 0.1) is 11.3 Å². The van der Waals surface area contributed by atoms with Crippen molar-refractivity contribution in [1.82, 2.24) is 19.5 Å². The smallest absolute Gasteiger partial charge is 0.222 e. The van der Waals surface area contributed by atoms with E-state index in [9.17, 15) is 10.2 Å². The number of nitrogens with zero attached hydrogens (tertiary/aromatic N) is 4. The maximum absolute atomic E-state index is 10.4. The van der Waals surface area contributed by atoms with Crippen LogP contribution in [0.25, 0.3) is 11.2 Å². The van der Waals surface area contributed by atoms with Crippen molar-refractivity contribution >= 4 is 28.7 Å². The SMILES string of the molecule is C[C@H](O)[C@H]1O[C@@H](n2cnc3cnc(N)nc32)C(N)(C#CCl)[C@H]1O.